The van der Waals surface area contributed by atoms with Crippen molar-refractivity contribution < 1.29 is 19.1 Å². The lowest BCUT2D eigenvalue weighted by Crippen LogP contribution is -2.32. The monoisotopic (exact) mass is 431 g/mol. The Labute approximate surface area is 187 Å². The number of nitrogens with one attached hydrogen (secondary N) is 2. The third kappa shape index (κ3) is 6.43. The van der Waals surface area contributed by atoms with Gasteiger partial charge in [0.2, 0.25) is 0 Å². The fraction of sp³-hybridized carbons (Fsp3) is 0.160. The molecule has 2 amide bonds. The molecule has 3 rings (SSSR count). The number of benzene rings is 3. The minimum absolute atomic E-state index is 0.417. The van der Waals surface area contributed by atoms with Crippen LogP contribution in [0.25, 0.3) is 0 Å². The number of aryl methyl sites for hydroxylation is 1. The molecule has 0 heterocycles. The predicted molar refractivity (Wildman–Crippen MR) is 124 cm³/mol. The zero-order chi connectivity index (χ0) is 22.8. The standard InChI is InChI=1S/C25H25N3O4/c1-3-31-23-15-20(13-14-22(23)32-17-19-10-5-4-6-11-19)16-26-28-25(30)24(29)27-21-12-8-7-9-18(21)2/h4-16H,3,17H2,1-2H3,(H,27,29)(H,28,30)/b26-16-. The first-order chi connectivity index (χ1) is 15.6. The highest BCUT2D eigenvalue weighted by Crippen LogP contribution is 2.28. The largest absolute Gasteiger partial charge is 0.490 e. The number of hydrogen-bond acceptors (Lipinski definition) is 5. The summed E-state index contributed by atoms with van der Waals surface area (Å²) in [6.07, 6.45) is 1.43. The van der Waals surface area contributed by atoms with Crippen LogP contribution in [0.2, 0.25) is 0 Å². The van der Waals surface area contributed by atoms with Gasteiger partial charge in [0.25, 0.3) is 0 Å². The van der Waals surface area contributed by atoms with Gasteiger partial charge in [0, 0.05) is 5.69 Å². The highest BCUT2D eigenvalue weighted by atomic mass is 16.5. The second kappa shape index (κ2) is 11.3. The summed E-state index contributed by atoms with van der Waals surface area (Å²) < 4.78 is 11.6. The fourth-order valence-corrected chi connectivity index (χ4v) is 2.84. The molecule has 0 aliphatic carbocycles. The summed E-state index contributed by atoms with van der Waals surface area (Å²) in [6, 6.07) is 22.4. The van der Waals surface area contributed by atoms with Gasteiger partial charge in [0.15, 0.2) is 11.5 Å². The summed E-state index contributed by atoms with van der Waals surface area (Å²) in [5.41, 5.74) is 5.39. The van der Waals surface area contributed by atoms with Crippen molar-refractivity contribution in [1.82, 2.24) is 5.43 Å². The number of rotatable bonds is 8. The Morgan fingerprint density at radius 2 is 1.66 bits per heavy atom. The van der Waals surface area contributed by atoms with Crippen molar-refractivity contribution in [2.45, 2.75) is 20.5 Å². The molecule has 3 aromatic carbocycles. The van der Waals surface area contributed by atoms with Crippen LogP contribution in [0.5, 0.6) is 11.5 Å². The lowest BCUT2D eigenvalue weighted by molar-refractivity contribution is -0.136. The molecule has 7 nitrogen and oxygen atoms in total. The van der Waals surface area contributed by atoms with Crippen molar-refractivity contribution >= 4 is 23.7 Å². The van der Waals surface area contributed by atoms with Crippen LogP contribution in [0.4, 0.5) is 5.69 Å². The first-order valence-corrected chi connectivity index (χ1v) is 10.2. The lowest BCUT2D eigenvalue weighted by Gasteiger charge is -2.12. The van der Waals surface area contributed by atoms with E-state index in [1.54, 1.807) is 30.3 Å². The summed E-state index contributed by atoms with van der Waals surface area (Å²) >= 11 is 0. The molecule has 0 spiro atoms. The second-order valence-electron chi connectivity index (χ2n) is 6.88. The molecular weight excluding hydrogens is 406 g/mol. The Balaban J connectivity index is 1.59. The Bertz CT molecular complexity index is 1100. The normalized spacial score (nSPS) is 10.6. The number of ether oxygens (including phenoxy) is 2. The highest BCUT2D eigenvalue weighted by Gasteiger charge is 2.13. The van der Waals surface area contributed by atoms with Crippen molar-refractivity contribution in [3.8, 4) is 11.5 Å². The molecule has 7 heteroatoms. The Kier molecular flexibility index (Phi) is 7.97. The van der Waals surface area contributed by atoms with E-state index < -0.39 is 11.8 Å². The van der Waals surface area contributed by atoms with Crippen molar-refractivity contribution in [3.05, 3.63) is 89.5 Å². The number of hydrogen-bond donors (Lipinski definition) is 2. The van der Waals surface area contributed by atoms with Gasteiger partial charge >= 0.3 is 11.8 Å². The summed E-state index contributed by atoms with van der Waals surface area (Å²) in [5.74, 6) is -0.487. The van der Waals surface area contributed by atoms with Crippen LogP contribution in [0.3, 0.4) is 0 Å². The second-order valence-corrected chi connectivity index (χ2v) is 6.88. The van der Waals surface area contributed by atoms with E-state index in [1.165, 1.54) is 6.21 Å². The lowest BCUT2D eigenvalue weighted by atomic mass is 10.2. The van der Waals surface area contributed by atoms with Crippen molar-refractivity contribution in [1.29, 1.82) is 0 Å². The van der Waals surface area contributed by atoms with Crippen LogP contribution in [-0.4, -0.2) is 24.6 Å². The van der Waals surface area contributed by atoms with Gasteiger partial charge in [-0.3, -0.25) is 9.59 Å². The van der Waals surface area contributed by atoms with Gasteiger partial charge in [0.05, 0.1) is 12.8 Å². The number of amides is 2. The molecule has 0 aliphatic rings. The summed E-state index contributed by atoms with van der Waals surface area (Å²) in [7, 11) is 0. The Morgan fingerprint density at radius 3 is 2.41 bits per heavy atom. The van der Waals surface area contributed by atoms with Crippen LogP contribution in [0.15, 0.2) is 77.9 Å². The predicted octanol–water partition coefficient (Wildman–Crippen LogP) is 4.06. The average Bonchev–Trinajstić information content (AvgIpc) is 2.81. The van der Waals surface area contributed by atoms with Crippen LogP contribution < -0.4 is 20.2 Å². The molecule has 0 aromatic heterocycles. The van der Waals surface area contributed by atoms with Gasteiger partial charge in [-0.1, -0.05) is 48.5 Å². The molecule has 164 valence electrons. The van der Waals surface area contributed by atoms with E-state index in [1.807, 2.05) is 56.3 Å². The summed E-state index contributed by atoms with van der Waals surface area (Å²) in [6.45, 7) is 4.61. The molecule has 0 aliphatic heterocycles. The van der Waals surface area contributed by atoms with Gasteiger partial charge in [-0.25, -0.2) is 5.43 Å². The Morgan fingerprint density at radius 1 is 0.906 bits per heavy atom. The minimum Gasteiger partial charge on any atom is -0.490 e. The highest BCUT2D eigenvalue weighted by molar-refractivity contribution is 6.39. The van der Waals surface area contributed by atoms with Crippen LogP contribution in [0, 0.1) is 6.92 Å². The molecule has 0 unspecified atom stereocenters. The zero-order valence-corrected chi connectivity index (χ0v) is 18.0. The number of nitrogens with zero attached hydrogens (tertiary/aromatic N) is 1. The molecule has 0 fully saturated rings. The first-order valence-electron chi connectivity index (χ1n) is 10.2. The van der Waals surface area contributed by atoms with Gasteiger partial charge < -0.3 is 14.8 Å². The molecule has 0 radical (unpaired) electrons. The van der Waals surface area contributed by atoms with Crippen LogP contribution in [0.1, 0.15) is 23.6 Å². The molecule has 32 heavy (non-hydrogen) atoms. The maximum atomic E-state index is 12.0. The Hall–Kier alpha value is -4.13. The number of para-hydroxylation sites is 1. The molecule has 0 bridgehead atoms. The fourth-order valence-electron chi connectivity index (χ4n) is 2.84. The van der Waals surface area contributed by atoms with E-state index in [9.17, 15) is 9.59 Å². The van der Waals surface area contributed by atoms with Crippen molar-refractivity contribution in [2.24, 2.45) is 5.10 Å². The smallest absolute Gasteiger partial charge is 0.329 e. The van der Waals surface area contributed by atoms with E-state index in [2.05, 4.69) is 15.8 Å². The first kappa shape index (κ1) is 22.6. The van der Waals surface area contributed by atoms with Crippen molar-refractivity contribution in [3.63, 3.8) is 0 Å². The van der Waals surface area contributed by atoms with Gasteiger partial charge in [-0.2, -0.15) is 5.10 Å². The summed E-state index contributed by atoms with van der Waals surface area (Å²) in [4.78, 5) is 24.1. The molecular formula is C25H25N3O4. The third-order valence-corrected chi connectivity index (χ3v) is 4.48. The summed E-state index contributed by atoms with van der Waals surface area (Å²) in [5, 5.41) is 6.43. The van der Waals surface area contributed by atoms with E-state index in [0.717, 1.165) is 11.1 Å². The van der Waals surface area contributed by atoms with Gasteiger partial charge in [-0.15, -0.1) is 0 Å². The van der Waals surface area contributed by atoms with Gasteiger partial charge in [0.1, 0.15) is 6.61 Å². The van der Waals surface area contributed by atoms with Crippen LogP contribution >= 0.6 is 0 Å². The number of carbonyl (C=O) groups excluding carboxylic acids is 2. The molecule has 2 N–H and O–H groups in total. The van der Waals surface area contributed by atoms with E-state index in [4.69, 9.17) is 9.47 Å². The topological polar surface area (TPSA) is 89.0 Å². The average molecular weight is 431 g/mol. The molecule has 0 atom stereocenters. The number of carbonyl (C=O) groups is 2. The molecule has 3 aromatic rings. The third-order valence-electron chi connectivity index (χ3n) is 4.48. The maximum Gasteiger partial charge on any atom is 0.329 e. The maximum absolute atomic E-state index is 12.0. The van der Waals surface area contributed by atoms with E-state index in [0.29, 0.717) is 36.0 Å². The van der Waals surface area contributed by atoms with Crippen molar-refractivity contribution in [2.75, 3.05) is 11.9 Å². The van der Waals surface area contributed by atoms with Gasteiger partial charge in [-0.05, 0) is 54.8 Å². The molecule has 0 saturated carbocycles. The minimum atomic E-state index is -0.864. The number of hydrazone groups is 1. The number of anilines is 1. The zero-order valence-electron chi connectivity index (χ0n) is 18.0. The molecule has 0 saturated heterocycles. The van der Waals surface area contributed by atoms with E-state index in [-0.39, 0.29) is 0 Å². The SMILES string of the molecule is CCOc1cc(/C=N\NC(=O)C(=O)Nc2ccccc2C)ccc1OCc1ccccc1. The van der Waals surface area contributed by atoms with Crippen LogP contribution in [-0.2, 0) is 16.2 Å². The van der Waals surface area contributed by atoms with E-state index >= 15 is 0 Å². The quantitative estimate of drug-likeness (QED) is 0.320.